The van der Waals surface area contributed by atoms with Gasteiger partial charge in [0.05, 0.1) is 11.4 Å². The average molecular weight is 246 g/mol. The Morgan fingerprint density at radius 1 is 1.22 bits per heavy atom. The molecule has 90 valence electrons. The molecule has 1 atom stereocenters. The van der Waals surface area contributed by atoms with Crippen LogP contribution in [0.4, 0.5) is 13.6 Å². The minimum atomic E-state index is -0.605. The van der Waals surface area contributed by atoms with Gasteiger partial charge in [-0.05, 0) is 24.3 Å². The quantitative estimate of drug-likeness (QED) is 0.813. The van der Waals surface area contributed by atoms with Crippen LogP contribution >= 0.6 is 0 Å². The molecule has 0 radical (unpaired) electrons. The fourth-order valence-corrected chi connectivity index (χ4v) is 2.07. The van der Waals surface area contributed by atoms with Crippen molar-refractivity contribution in [3.8, 4) is 0 Å². The maximum absolute atomic E-state index is 13.6. The largest absolute Gasteiger partial charge is 0.346 e. The zero-order chi connectivity index (χ0) is 12.7. The third-order valence-corrected chi connectivity index (χ3v) is 2.88. The number of hydrogen-bond acceptors (Lipinski definition) is 1. The third-order valence-electron chi connectivity index (χ3n) is 2.88. The molecule has 18 heavy (non-hydrogen) atoms. The summed E-state index contributed by atoms with van der Waals surface area (Å²) >= 11 is 0. The van der Waals surface area contributed by atoms with Crippen LogP contribution in [0.3, 0.4) is 0 Å². The van der Waals surface area contributed by atoms with E-state index in [-0.39, 0.29) is 5.56 Å². The van der Waals surface area contributed by atoms with Crippen LogP contribution in [-0.4, -0.2) is 11.7 Å². The van der Waals surface area contributed by atoms with Gasteiger partial charge in [0.1, 0.15) is 11.6 Å². The predicted molar refractivity (Wildman–Crippen MR) is 62.3 cm³/mol. The van der Waals surface area contributed by atoms with Gasteiger partial charge in [0.2, 0.25) is 0 Å². The van der Waals surface area contributed by atoms with Crippen molar-refractivity contribution in [3.63, 3.8) is 0 Å². The van der Waals surface area contributed by atoms with Gasteiger partial charge in [-0.2, -0.15) is 4.99 Å². The first-order valence-electron chi connectivity index (χ1n) is 5.39. The van der Waals surface area contributed by atoms with Gasteiger partial charge in [-0.1, -0.05) is 12.1 Å². The summed E-state index contributed by atoms with van der Waals surface area (Å²) in [6.45, 7) is 0. The number of amides is 2. The van der Waals surface area contributed by atoms with Gasteiger partial charge in [0.25, 0.3) is 0 Å². The standard InChI is InChI=1S/C13H8F2N2O/c14-8-2-1-3-9(15)12(8)7-4-5-10-11(6-7)17-13(18)16-10/h1-7H,(H,17,18). The van der Waals surface area contributed by atoms with Crippen molar-refractivity contribution in [3.05, 3.63) is 59.3 Å². The highest BCUT2D eigenvalue weighted by atomic mass is 19.1. The number of urea groups is 1. The molecule has 1 unspecified atom stereocenters. The smallest absolute Gasteiger partial charge is 0.304 e. The van der Waals surface area contributed by atoms with Crippen LogP contribution in [0.1, 0.15) is 11.5 Å². The van der Waals surface area contributed by atoms with Gasteiger partial charge in [-0.3, -0.25) is 0 Å². The summed E-state index contributed by atoms with van der Waals surface area (Å²) in [5.41, 5.74) is 0.963. The van der Waals surface area contributed by atoms with Crippen molar-refractivity contribution in [1.29, 1.82) is 0 Å². The first kappa shape index (κ1) is 10.8. The number of rotatable bonds is 1. The Hall–Kier alpha value is -2.30. The van der Waals surface area contributed by atoms with Crippen LogP contribution in [-0.2, 0) is 0 Å². The summed E-state index contributed by atoms with van der Waals surface area (Å²) in [5, 5.41) is 2.52. The highest BCUT2D eigenvalue weighted by Gasteiger charge is 2.25. The lowest BCUT2D eigenvalue weighted by molar-refractivity contribution is 0.253. The van der Waals surface area contributed by atoms with E-state index in [1.54, 1.807) is 18.2 Å². The maximum Gasteiger partial charge on any atom is 0.346 e. The lowest BCUT2D eigenvalue weighted by Gasteiger charge is -2.15. The first-order chi connectivity index (χ1) is 8.65. The molecule has 2 aliphatic rings. The monoisotopic (exact) mass is 246 g/mol. The molecule has 0 aromatic heterocycles. The molecule has 0 saturated heterocycles. The van der Waals surface area contributed by atoms with Crippen molar-refractivity contribution < 1.29 is 13.6 Å². The van der Waals surface area contributed by atoms with Crippen LogP contribution in [0.15, 0.2) is 47.1 Å². The topological polar surface area (TPSA) is 41.5 Å². The van der Waals surface area contributed by atoms with E-state index in [9.17, 15) is 13.6 Å². The number of hydrogen-bond donors (Lipinski definition) is 1. The number of allylic oxidation sites excluding steroid dienone is 3. The Morgan fingerprint density at radius 2 is 1.94 bits per heavy atom. The average Bonchev–Trinajstić information content (AvgIpc) is 2.68. The fourth-order valence-electron chi connectivity index (χ4n) is 2.07. The van der Waals surface area contributed by atoms with Gasteiger partial charge in [0.15, 0.2) is 0 Å². The molecule has 1 aliphatic carbocycles. The maximum atomic E-state index is 13.6. The minimum Gasteiger partial charge on any atom is -0.304 e. The van der Waals surface area contributed by atoms with Crippen molar-refractivity contribution in [2.24, 2.45) is 4.99 Å². The molecular formula is C13H8F2N2O. The molecule has 5 heteroatoms. The molecule has 3 nitrogen and oxygen atoms in total. The van der Waals surface area contributed by atoms with E-state index in [4.69, 9.17) is 0 Å². The summed E-state index contributed by atoms with van der Waals surface area (Å²) in [5.74, 6) is -1.75. The van der Waals surface area contributed by atoms with Crippen LogP contribution in [0.2, 0.25) is 0 Å². The Labute approximate surface area is 102 Å². The second kappa shape index (κ2) is 3.87. The lowest BCUT2D eigenvalue weighted by atomic mass is 9.92. The van der Waals surface area contributed by atoms with Crippen molar-refractivity contribution in [2.45, 2.75) is 5.92 Å². The summed E-state index contributed by atoms with van der Waals surface area (Å²) in [6, 6.07) is 3.27. The van der Waals surface area contributed by atoms with E-state index in [1.807, 2.05) is 0 Å². The van der Waals surface area contributed by atoms with Gasteiger partial charge in [-0.15, -0.1) is 0 Å². The van der Waals surface area contributed by atoms with E-state index in [0.29, 0.717) is 11.4 Å². The number of benzene rings is 1. The van der Waals surface area contributed by atoms with Gasteiger partial charge < -0.3 is 5.32 Å². The van der Waals surface area contributed by atoms with Crippen LogP contribution < -0.4 is 5.32 Å². The zero-order valence-electron chi connectivity index (χ0n) is 9.15. The molecule has 1 N–H and O–H groups in total. The molecule has 0 saturated carbocycles. The summed E-state index contributed by atoms with van der Waals surface area (Å²) in [6.07, 6.45) is 4.79. The number of fused-ring (bicyclic) bond motifs is 1. The van der Waals surface area contributed by atoms with E-state index >= 15 is 0 Å². The van der Waals surface area contributed by atoms with Gasteiger partial charge >= 0.3 is 6.03 Å². The Balaban J connectivity index is 2.04. The highest BCUT2D eigenvalue weighted by molar-refractivity contribution is 6.19. The Kier molecular flexibility index (Phi) is 2.33. The van der Waals surface area contributed by atoms with E-state index in [2.05, 4.69) is 10.3 Å². The van der Waals surface area contributed by atoms with E-state index < -0.39 is 23.6 Å². The second-order valence-corrected chi connectivity index (χ2v) is 4.03. The predicted octanol–water partition coefficient (Wildman–Crippen LogP) is 2.67. The number of halogens is 2. The fraction of sp³-hybridized carbons (Fsp3) is 0.0769. The van der Waals surface area contributed by atoms with Crippen LogP contribution in [0.25, 0.3) is 0 Å². The van der Waals surface area contributed by atoms with Crippen LogP contribution in [0, 0.1) is 11.6 Å². The molecule has 0 bridgehead atoms. The summed E-state index contributed by atoms with van der Waals surface area (Å²) in [4.78, 5) is 14.8. The molecule has 1 heterocycles. The number of aliphatic imine (C=N–C) groups is 1. The normalized spacial score (nSPS) is 21.2. The Bertz CT molecular complexity index is 612. The van der Waals surface area contributed by atoms with Crippen molar-refractivity contribution >= 4 is 11.7 Å². The lowest BCUT2D eigenvalue weighted by Crippen LogP contribution is -2.17. The zero-order valence-corrected chi connectivity index (χ0v) is 9.15. The first-order valence-corrected chi connectivity index (χ1v) is 5.39. The van der Waals surface area contributed by atoms with E-state index in [0.717, 1.165) is 0 Å². The molecule has 3 rings (SSSR count). The molecule has 2 amide bonds. The molecular weight excluding hydrogens is 238 g/mol. The van der Waals surface area contributed by atoms with Crippen molar-refractivity contribution in [2.75, 3.05) is 0 Å². The molecule has 1 aromatic rings. The van der Waals surface area contributed by atoms with Gasteiger partial charge in [0, 0.05) is 11.5 Å². The second-order valence-electron chi connectivity index (χ2n) is 4.03. The van der Waals surface area contributed by atoms with Gasteiger partial charge in [-0.25, -0.2) is 13.6 Å². The number of nitrogens with one attached hydrogen (secondary N) is 1. The summed E-state index contributed by atoms with van der Waals surface area (Å²) in [7, 11) is 0. The van der Waals surface area contributed by atoms with E-state index in [1.165, 1.54) is 18.2 Å². The van der Waals surface area contributed by atoms with Crippen LogP contribution in [0.5, 0.6) is 0 Å². The number of carbonyl (C=O) groups is 1. The third kappa shape index (κ3) is 1.64. The molecule has 1 aliphatic heterocycles. The minimum absolute atomic E-state index is 0.0264. The van der Waals surface area contributed by atoms with Crippen molar-refractivity contribution in [1.82, 2.24) is 5.32 Å². The molecule has 0 fully saturated rings. The highest BCUT2D eigenvalue weighted by Crippen LogP contribution is 2.29. The molecule has 1 aromatic carbocycles. The number of nitrogens with zero attached hydrogens (tertiary/aromatic N) is 1. The number of carbonyl (C=O) groups excluding carboxylic acids is 1. The SMILES string of the molecule is O=C1N=C2C=CC(c3c(F)cccc3F)C=C2N1. The molecule has 0 spiro atoms. The summed E-state index contributed by atoms with van der Waals surface area (Å²) < 4.78 is 27.3. The Morgan fingerprint density at radius 3 is 2.67 bits per heavy atom.